The van der Waals surface area contributed by atoms with E-state index in [1.165, 1.54) is 25.3 Å². The molecule has 1 fully saturated rings. The Labute approximate surface area is 121 Å². The molecule has 1 aliphatic rings. The minimum absolute atomic E-state index is 0.165. The van der Waals surface area contributed by atoms with Crippen molar-refractivity contribution in [2.75, 3.05) is 33.8 Å². The maximum Gasteiger partial charge on any atom is 0.131 e. The van der Waals surface area contributed by atoms with Crippen molar-refractivity contribution >= 4 is 0 Å². The zero-order valence-electron chi connectivity index (χ0n) is 12.5. The molecule has 0 saturated carbocycles. The highest BCUT2D eigenvalue weighted by Gasteiger charge is 2.19. The Morgan fingerprint density at radius 3 is 2.70 bits per heavy atom. The second kappa shape index (κ2) is 7.60. The fourth-order valence-electron chi connectivity index (χ4n) is 2.81. The Bertz CT molecular complexity index is 417. The Balaban J connectivity index is 1.83. The number of methoxy groups -OCH3 is 1. The summed E-state index contributed by atoms with van der Waals surface area (Å²) in [5.74, 6) is 1.23. The van der Waals surface area contributed by atoms with Gasteiger partial charge in [-0.3, -0.25) is 4.90 Å². The van der Waals surface area contributed by atoms with Crippen LogP contribution in [0.5, 0.6) is 5.75 Å². The molecule has 0 spiro atoms. The SMILES string of the molecule is CNCCC1CCN(Cc2ccc(OC)cc2F)CC1. The van der Waals surface area contributed by atoms with E-state index < -0.39 is 0 Å². The molecule has 3 nitrogen and oxygen atoms in total. The molecule has 0 bridgehead atoms. The van der Waals surface area contributed by atoms with Gasteiger partial charge in [0.2, 0.25) is 0 Å². The van der Waals surface area contributed by atoms with Crippen LogP contribution in [0.25, 0.3) is 0 Å². The van der Waals surface area contributed by atoms with E-state index >= 15 is 0 Å². The number of nitrogens with zero attached hydrogens (tertiary/aromatic N) is 1. The van der Waals surface area contributed by atoms with Gasteiger partial charge in [-0.05, 0) is 57.9 Å². The van der Waals surface area contributed by atoms with Crippen molar-refractivity contribution in [2.45, 2.75) is 25.8 Å². The fraction of sp³-hybridized carbons (Fsp3) is 0.625. The molecular weight excluding hydrogens is 255 g/mol. The summed E-state index contributed by atoms with van der Waals surface area (Å²) in [4.78, 5) is 2.35. The van der Waals surface area contributed by atoms with Crippen LogP contribution in [0.1, 0.15) is 24.8 Å². The molecule has 0 aliphatic carbocycles. The minimum Gasteiger partial charge on any atom is -0.497 e. The number of benzene rings is 1. The topological polar surface area (TPSA) is 24.5 Å². The molecule has 4 heteroatoms. The van der Waals surface area contributed by atoms with Gasteiger partial charge in [0.25, 0.3) is 0 Å². The average Bonchev–Trinajstić information content (AvgIpc) is 2.48. The second-order valence-electron chi connectivity index (χ2n) is 5.57. The Morgan fingerprint density at radius 2 is 2.10 bits per heavy atom. The third-order valence-corrected chi connectivity index (χ3v) is 4.16. The summed E-state index contributed by atoms with van der Waals surface area (Å²) in [5, 5.41) is 3.21. The number of nitrogens with one attached hydrogen (secondary N) is 1. The lowest BCUT2D eigenvalue weighted by atomic mass is 9.93. The van der Waals surface area contributed by atoms with Crippen LogP contribution >= 0.6 is 0 Å². The molecule has 0 amide bonds. The van der Waals surface area contributed by atoms with Crippen LogP contribution in [0.3, 0.4) is 0 Å². The first kappa shape index (κ1) is 15.3. The van der Waals surface area contributed by atoms with E-state index in [2.05, 4.69) is 10.2 Å². The molecular formula is C16H25FN2O. The molecule has 1 heterocycles. The standard InChI is InChI=1S/C16H25FN2O/c1-18-8-5-13-6-9-19(10-7-13)12-14-3-4-15(20-2)11-16(14)17/h3-4,11,13,18H,5-10,12H2,1-2H3. The van der Waals surface area contributed by atoms with Crippen molar-refractivity contribution in [1.82, 2.24) is 10.2 Å². The summed E-state index contributed by atoms with van der Waals surface area (Å²) in [6.07, 6.45) is 3.69. The molecule has 2 rings (SSSR count). The van der Waals surface area contributed by atoms with Crippen molar-refractivity contribution < 1.29 is 9.13 Å². The highest BCUT2D eigenvalue weighted by molar-refractivity contribution is 5.28. The summed E-state index contributed by atoms with van der Waals surface area (Å²) in [6, 6.07) is 5.13. The van der Waals surface area contributed by atoms with Crippen molar-refractivity contribution in [2.24, 2.45) is 5.92 Å². The highest BCUT2D eigenvalue weighted by atomic mass is 19.1. The van der Waals surface area contributed by atoms with Crippen LogP contribution in [0.15, 0.2) is 18.2 Å². The third kappa shape index (κ3) is 4.18. The van der Waals surface area contributed by atoms with Crippen LogP contribution in [-0.4, -0.2) is 38.7 Å². The van der Waals surface area contributed by atoms with Crippen LogP contribution < -0.4 is 10.1 Å². The lowest BCUT2D eigenvalue weighted by Gasteiger charge is -2.32. The van der Waals surface area contributed by atoms with E-state index in [0.717, 1.165) is 31.1 Å². The fourth-order valence-corrected chi connectivity index (χ4v) is 2.81. The van der Waals surface area contributed by atoms with Gasteiger partial charge in [-0.2, -0.15) is 0 Å². The third-order valence-electron chi connectivity index (χ3n) is 4.16. The first-order chi connectivity index (χ1) is 9.72. The van der Waals surface area contributed by atoms with Crippen LogP contribution in [0.4, 0.5) is 4.39 Å². The molecule has 0 aromatic heterocycles. The summed E-state index contributed by atoms with van der Waals surface area (Å²) in [6.45, 7) is 3.94. The molecule has 20 heavy (non-hydrogen) atoms. The van der Waals surface area contributed by atoms with Crippen LogP contribution in [-0.2, 0) is 6.54 Å². The summed E-state index contributed by atoms with van der Waals surface area (Å²) in [5.41, 5.74) is 0.763. The highest BCUT2D eigenvalue weighted by Crippen LogP contribution is 2.23. The number of piperidine rings is 1. The Hall–Kier alpha value is -1.13. The number of likely N-dealkylation sites (tertiary alicyclic amines) is 1. The van der Waals surface area contributed by atoms with Crippen LogP contribution in [0, 0.1) is 11.7 Å². The monoisotopic (exact) mass is 280 g/mol. The lowest BCUT2D eigenvalue weighted by molar-refractivity contribution is 0.170. The minimum atomic E-state index is -0.165. The molecule has 1 saturated heterocycles. The first-order valence-corrected chi connectivity index (χ1v) is 7.42. The first-order valence-electron chi connectivity index (χ1n) is 7.42. The quantitative estimate of drug-likeness (QED) is 0.867. The largest absolute Gasteiger partial charge is 0.497 e. The Morgan fingerprint density at radius 1 is 1.35 bits per heavy atom. The maximum absolute atomic E-state index is 13.9. The number of hydrogen-bond donors (Lipinski definition) is 1. The van der Waals surface area contributed by atoms with Gasteiger partial charge >= 0.3 is 0 Å². The van der Waals surface area contributed by atoms with Gasteiger partial charge in [-0.25, -0.2) is 4.39 Å². The molecule has 0 unspecified atom stereocenters. The smallest absolute Gasteiger partial charge is 0.131 e. The second-order valence-corrected chi connectivity index (χ2v) is 5.57. The predicted molar refractivity (Wildman–Crippen MR) is 79.5 cm³/mol. The number of hydrogen-bond acceptors (Lipinski definition) is 3. The summed E-state index contributed by atoms with van der Waals surface area (Å²) in [7, 11) is 3.56. The van der Waals surface area contributed by atoms with Gasteiger partial charge < -0.3 is 10.1 Å². The van der Waals surface area contributed by atoms with Crippen molar-refractivity contribution in [3.63, 3.8) is 0 Å². The summed E-state index contributed by atoms with van der Waals surface area (Å²) >= 11 is 0. The van der Waals surface area contributed by atoms with Crippen molar-refractivity contribution in [3.8, 4) is 5.75 Å². The molecule has 0 radical (unpaired) electrons. The molecule has 1 aliphatic heterocycles. The number of rotatable bonds is 6. The van der Waals surface area contributed by atoms with Gasteiger partial charge in [0, 0.05) is 18.2 Å². The van der Waals surface area contributed by atoms with Gasteiger partial charge in [-0.1, -0.05) is 6.07 Å². The molecule has 0 atom stereocenters. The molecule has 1 aromatic rings. The van der Waals surface area contributed by atoms with E-state index in [4.69, 9.17) is 4.74 Å². The number of ether oxygens (including phenoxy) is 1. The average molecular weight is 280 g/mol. The predicted octanol–water partition coefficient (Wildman–Crippen LogP) is 2.66. The molecule has 112 valence electrons. The normalized spacial score (nSPS) is 17.4. The number of halogens is 1. The van der Waals surface area contributed by atoms with Crippen LogP contribution in [0.2, 0.25) is 0 Å². The Kier molecular flexibility index (Phi) is 5.80. The zero-order valence-corrected chi connectivity index (χ0v) is 12.5. The maximum atomic E-state index is 13.9. The van der Waals surface area contributed by atoms with Crippen molar-refractivity contribution in [3.05, 3.63) is 29.6 Å². The van der Waals surface area contributed by atoms with E-state index in [1.54, 1.807) is 7.11 Å². The summed E-state index contributed by atoms with van der Waals surface area (Å²) < 4.78 is 19.0. The van der Waals surface area contributed by atoms with Crippen molar-refractivity contribution in [1.29, 1.82) is 0 Å². The van der Waals surface area contributed by atoms with Gasteiger partial charge in [-0.15, -0.1) is 0 Å². The van der Waals surface area contributed by atoms with Gasteiger partial charge in [0.15, 0.2) is 0 Å². The molecule has 1 N–H and O–H groups in total. The van der Waals surface area contributed by atoms with E-state index in [1.807, 2.05) is 19.2 Å². The van der Waals surface area contributed by atoms with E-state index in [-0.39, 0.29) is 5.82 Å². The molecule has 1 aromatic carbocycles. The lowest BCUT2D eigenvalue weighted by Crippen LogP contribution is -2.34. The van der Waals surface area contributed by atoms with E-state index in [9.17, 15) is 4.39 Å². The van der Waals surface area contributed by atoms with Gasteiger partial charge in [0.05, 0.1) is 7.11 Å². The van der Waals surface area contributed by atoms with Gasteiger partial charge in [0.1, 0.15) is 11.6 Å². The van der Waals surface area contributed by atoms with E-state index in [0.29, 0.717) is 12.3 Å². The zero-order chi connectivity index (χ0) is 14.4.